The Balaban J connectivity index is 1.82. The summed E-state index contributed by atoms with van der Waals surface area (Å²) in [5.41, 5.74) is 1.28. The van der Waals surface area contributed by atoms with E-state index in [9.17, 15) is 4.79 Å². The number of nitrogens with one attached hydrogen (secondary N) is 2. The molecule has 29 heavy (non-hydrogen) atoms. The van der Waals surface area contributed by atoms with Crippen LogP contribution in [0.1, 0.15) is 56.3 Å². The minimum atomic E-state index is -0.270. The molecule has 0 aromatic heterocycles. The number of thiocarbonyl (C=S) groups is 1. The van der Waals surface area contributed by atoms with Crippen LogP contribution in [0.15, 0.2) is 48.5 Å². The first kappa shape index (κ1) is 22.7. The predicted octanol–water partition coefficient (Wildman–Crippen LogP) is 5.56. The summed E-state index contributed by atoms with van der Waals surface area (Å²) in [6.07, 6.45) is 5.60. The van der Waals surface area contributed by atoms with Crippen molar-refractivity contribution in [3.63, 3.8) is 0 Å². The van der Waals surface area contributed by atoms with Crippen molar-refractivity contribution in [3.8, 4) is 11.5 Å². The number of hydrogen-bond donors (Lipinski definition) is 2. The average molecular weight is 415 g/mol. The molecule has 0 fully saturated rings. The van der Waals surface area contributed by atoms with Gasteiger partial charge in [0.25, 0.3) is 5.91 Å². The van der Waals surface area contributed by atoms with Gasteiger partial charge in [-0.3, -0.25) is 10.1 Å². The van der Waals surface area contributed by atoms with Crippen molar-refractivity contribution in [3.05, 3.63) is 54.1 Å². The number of amides is 1. The van der Waals surface area contributed by atoms with Crippen LogP contribution < -0.4 is 20.1 Å². The second-order valence-electron chi connectivity index (χ2n) is 6.72. The maximum atomic E-state index is 12.4. The third kappa shape index (κ3) is 8.52. The maximum Gasteiger partial charge on any atom is 0.257 e. The Hall–Kier alpha value is -2.60. The van der Waals surface area contributed by atoms with Crippen molar-refractivity contribution in [2.45, 2.75) is 46.0 Å². The minimum Gasteiger partial charge on any atom is -0.494 e. The maximum absolute atomic E-state index is 12.4. The molecular weight excluding hydrogens is 384 g/mol. The monoisotopic (exact) mass is 414 g/mol. The van der Waals surface area contributed by atoms with Crippen LogP contribution in [-0.4, -0.2) is 24.2 Å². The standard InChI is InChI=1S/C23H30N2O3S/c1-3-5-6-7-16-28-21-10-8-9-19(17-21)24-23(29)25-22(26)18-11-13-20(14-12-18)27-15-4-2/h8-14,17H,3-7,15-16H2,1-2H3,(H2,24,25,26,29). The van der Waals surface area contributed by atoms with Crippen molar-refractivity contribution in [1.82, 2.24) is 5.32 Å². The lowest BCUT2D eigenvalue weighted by molar-refractivity contribution is 0.0977. The van der Waals surface area contributed by atoms with E-state index in [0.717, 1.165) is 30.0 Å². The van der Waals surface area contributed by atoms with Gasteiger partial charge in [0.05, 0.1) is 13.2 Å². The van der Waals surface area contributed by atoms with E-state index in [4.69, 9.17) is 21.7 Å². The third-order valence-electron chi connectivity index (χ3n) is 4.17. The molecule has 0 saturated heterocycles. The molecule has 156 valence electrons. The molecule has 0 aliphatic heterocycles. The van der Waals surface area contributed by atoms with Gasteiger partial charge in [-0.2, -0.15) is 0 Å². The number of benzene rings is 2. The minimum absolute atomic E-state index is 0.237. The fourth-order valence-corrected chi connectivity index (χ4v) is 2.85. The van der Waals surface area contributed by atoms with E-state index in [2.05, 4.69) is 17.6 Å². The van der Waals surface area contributed by atoms with Gasteiger partial charge in [0.15, 0.2) is 5.11 Å². The van der Waals surface area contributed by atoms with Gasteiger partial charge in [0.2, 0.25) is 0 Å². The summed E-state index contributed by atoms with van der Waals surface area (Å²) < 4.78 is 11.3. The average Bonchev–Trinajstić information content (AvgIpc) is 2.72. The molecule has 2 rings (SSSR count). The van der Waals surface area contributed by atoms with Crippen molar-refractivity contribution in [2.75, 3.05) is 18.5 Å². The van der Waals surface area contributed by atoms with Gasteiger partial charge >= 0.3 is 0 Å². The number of hydrogen-bond acceptors (Lipinski definition) is 4. The first-order valence-electron chi connectivity index (χ1n) is 10.2. The summed E-state index contributed by atoms with van der Waals surface area (Å²) in [7, 11) is 0. The van der Waals surface area contributed by atoms with Crippen molar-refractivity contribution >= 4 is 28.9 Å². The van der Waals surface area contributed by atoms with Crippen molar-refractivity contribution < 1.29 is 14.3 Å². The summed E-state index contributed by atoms with van der Waals surface area (Å²) in [5.74, 6) is 1.26. The SMILES string of the molecule is CCCCCCOc1cccc(NC(=S)NC(=O)c2ccc(OCCC)cc2)c1. The van der Waals surface area contributed by atoms with E-state index in [1.165, 1.54) is 19.3 Å². The molecule has 0 unspecified atom stereocenters. The molecule has 2 aromatic rings. The van der Waals surface area contributed by atoms with Crippen LogP contribution >= 0.6 is 12.2 Å². The van der Waals surface area contributed by atoms with Crippen LogP contribution in [0.5, 0.6) is 11.5 Å². The highest BCUT2D eigenvalue weighted by Gasteiger charge is 2.09. The van der Waals surface area contributed by atoms with Crippen LogP contribution in [0.25, 0.3) is 0 Å². The summed E-state index contributed by atoms with van der Waals surface area (Å²) >= 11 is 5.27. The van der Waals surface area contributed by atoms with Crippen molar-refractivity contribution in [1.29, 1.82) is 0 Å². The van der Waals surface area contributed by atoms with E-state index in [0.29, 0.717) is 18.8 Å². The molecule has 0 radical (unpaired) electrons. The van der Waals surface area contributed by atoms with Crippen LogP contribution in [0.3, 0.4) is 0 Å². The fourth-order valence-electron chi connectivity index (χ4n) is 2.64. The zero-order valence-corrected chi connectivity index (χ0v) is 18.0. The van der Waals surface area contributed by atoms with Crippen LogP contribution in [0.4, 0.5) is 5.69 Å². The van der Waals surface area contributed by atoms with Crippen LogP contribution in [0.2, 0.25) is 0 Å². The Morgan fingerprint density at radius 2 is 1.66 bits per heavy atom. The summed E-state index contributed by atoms with van der Waals surface area (Å²) in [5, 5.41) is 5.96. The summed E-state index contributed by atoms with van der Waals surface area (Å²) in [6, 6.07) is 14.6. The summed E-state index contributed by atoms with van der Waals surface area (Å²) in [4.78, 5) is 12.4. The van der Waals surface area contributed by atoms with Gasteiger partial charge in [-0.1, -0.05) is 39.2 Å². The molecule has 0 bridgehead atoms. The van der Waals surface area contributed by atoms with Gasteiger partial charge in [0.1, 0.15) is 11.5 Å². The molecular formula is C23H30N2O3S. The molecule has 2 aromatic carbocycles. The highest BCUT2D eigenvalue weighted by atomic mass is 32.1. The van der Waals surface area contributed by atoms with Gasteiger partial charge in [-0.15, -0.1) is 0 Å². The number of carbonyl (C=O) groups is 1. The van der Waals surface area contributed by atoms with Gasteiger partial charge in [-0.05, 0) is 61.5 Å². The first-order valence-corrected chi connectivity index (χ1v) is 10.6. The van der Waals surface area contributed by atoms with E-state index in [1.807, 2.05) is 31.2 Å². The molecule has 0 aliphatic rings. The van der Waals surface area contributed by atoms with E-state index >= 15 is 0 Å². The van der Waals surface area contributed by atoms with E-state index in [1.54, 1.807) is 24.3 Å². The van der Waals surface area contributed by atoms with Gasteiger partial charge in [-0.25, -0.2) is 0 Å². The second kappa shape index (κ2) is 12.8. The smallest absolute Gasteiger partial charge is 0.257 e. The quantitative estimate of drug-likeness (QED) is 0.372. The zero-order valence-electron chi connectivity index (χ0n) is 17.2. The molecule has 0 saturated carbocycles. The zero-order chi connectivity index (χ0) is 20.9. The van der Waals surface area contributed by atoms with E-state index in [-0.39, 0.29) is 11.0 Å². The molecule has 2 N–H and O–H groups in total. The Bertz CT molecular complexity index is 778. The van der Waals surface area contributed by atoms with Crippen LogP contribution in [-0.2, 0) is 0 Å². The van der Waals surface area contributed by atoms with Gasteiger partial charge < -0.3 is 14.8 Å². The summed E-state index contributed by atoms with van der Waals surface area (Å²) in [6.45, 7) is 5.59. The normalized spacial score (nSPS) is 10.3. The number of rotatable bonds is 11. The molecule has 0 aliphatic carbocycles. The fraction of sp³-hybridized carbons (Fsp3) is 0.391. The number of carbonyl (C=O) groups excluding carboxylic acids is 1. The second-order valence-corrected chi connectivity index (χ2v) is 7.13. The molecule has 0 heterocycles. The number of unbranched alkanes of at least 4 members (excludes halogenated alkanes) is 3. The number of ether oxygens (including phenoxy) is 2. The Morgan fingerprint density at radius 3 is 2.38 bits per heavy atom. The third-order valence-corrected chi connectivity index (χ3v) is 4.38. The largest absolute Gasteiger partial charge is 0.494 e. The Labute approximate surface area is 178 Å². The highest BCUT2D eigenvalue weighted by molar-refractivity contribution is 7.80. The Morgan fingerprint density at radius 1 is 0.897 bits per heavy atom. The number of anilines is 1. The first-order chi connectivity index (χ1) is 14.1. The molecule has 6 heteroatoms. The molecule has 0 spiro atoms. The van der Waals surface area contributed by atoms with Crippen LogP contribution in [0, 0.1) is 0 Å². The van der Waals surface area contributed by atoms with Crippen molar-refractivity contribution in [2.24, 2.45) is 0 Å². The lowest BCUT2D eigenvalue weighted by Crippen LogP contribution is -2.34. The Kier molecular flexibility index (Phi) is 10.00. The lowest BCUT2D eigenvalue weighted by atomic mass is 10.2. The van der Waals surface area contributed by atoms with Gasteiger partial charge in [0, 0.05) is 17.3 Å². The topological polar surface area (TPSA) is 59.6 Å². The molecule has 5 nitrogen and oxygen atoms in total. The van der Waals surface area contributed by atoms with E-state index < -0.39 is 0 Å². The highest BCUT2D eigenvalue weighted by Crippen LogP contribution is 2.18. The predicted molar refractivity (Wildman–Crippen MR) is 122 cm³/mol. The lowest BCUT2D eigenvalue weighted by Gasteiger charge is -2.12. The molecule has 0 atom stereocenters. The molecule has 1 amide bonds.